The Kier molecular flexibility index (Phi) is 3.59. The molecule has 0 radical (unpaired) electrons. The maximum absolute atomic E-state index is 12.2. The van der Waals surface area contributed by atoms with Gasteiger partial charge in [0.15, 0.2) is 0 Å². The lowest BCUT2D eigenvalue weighted by atomic mass is 10.2. The van der Waals surface area contributed by atoms with Crippen LogP contribution in [0.3, 0.4) is 0 Å². The molecule has 0 aliphatic heterocycles. The summed E-state index contributed by atoms with van der Waals surface area (Å²) in [5, 5.41) is 4.75. The van der Waals surface area contributed by atoms with Crippen molar-refractivity contribution in [3.8, 4) is 11.5 Å². The number of hydrogen-bond donors (Lipinski definition) is 1. The van der Waals surface area contributed by atoms with E-state index in [1.165, 1.54) is 11.3 Å². The lowest BCUT2D eigenvalue weighted by Crippen LogP contribution is -2.11. The molecule has 1 aromatic carbocycles. The molecular formula is C18H13N3O2S. The number of amides is 1. The van der Waals surface area contributed by atoms with Gasteiger partial charge in [0.2, 0.25) is 11.6 Å². The van der Waals surface area contributed by atoms with Crippen LogP contribution in [0.15, 0.2) is 58.3 Å². The summed E-state index contributed by atoms with van der Waals surface area (Å²) in [6.07, 6.45) is 0. The maximum Gasteiger partial charge on any atom is 0.265 e. The van der Waals surface area contributed by atoms with Crippen LogP contribution in [0.4, 0.5) is 5.69 Å². The number of pyridine rings is 1. The first kappa shape index (κ1) is 14.6. The molecule has 4 aromatic rings. The molecule has 118 valence electrons. The zero-order valence-electron chi connectivity index (χ0n) is 12.8. The van der Waals surface area contributed by atoms with E-state index in [0.717, 1.165) is 5.56 Å². The number of nitrogens with zero attached hydrogens (tertiary/aromatic N) is 2. The Bertz CT molecular complexity index is 1010. The summed E-state index contributed by atoms with van der Waals surface area (Å²) in [6, 6.07) is 15.1. The lowest BCUT2D eigenvalue weighted by Gasteiger charge is -2.05. The average molecular weight is 335 g/mol. The van der Waals surface area contributed by atoms with Crippen LogP contribution in [0.2, 0.25) is 0 Å². The molecule has 3 aromatic heterocycles. The molecule has 0 fully saturated rings. The molecule has 1 amide bonds. The Balaban J connectivity index is 1.70. The predicted molar refractivity (Wildman–Crippen MR) is 94.2 cm³/mol. The monoisotopic (exact) mass is 335 g/mol. The minimum absolute atomic E-state index is 0.152. The van der Waals surface area contributed by atoms with Crippen molar-refractivity contribution in [2.75, 3.05) is 5.32 Å². The quantitative estimate of drug-likeness (QED) is 0.598. The summed E-state index contributed by atoms with van der Waals surface area (Å²) < 4.78 is 5.73. The van der Waals surface area contributed by atoms with Gasteiger partial charge in [0.1, 0.15) is 5.52 Å². The van der Waals surface area contributed by atoms with Crippen LogP contribution in [-0.4, -0.2) is 15.9 Å². The summed E-state index contributed by atoms with van der Waals surface area (Å²) in [7, 11) is 0. The third-order valence-electron chi connectivity index (χ3n) is 3.59. The molecule has 24 heavy (non-hydrogen) atoms. The van der Waals surface area contributed by atoms with E-state index >= 15 is 0 Å². The second kappa shape index (κ2) is 5.90. The molecule has 0 atom stereocenters. The standard InChI is InChI=1S/C18H13N3O2S/c1-11-13(20-16(22)15-8-5-9-24-15)10-14-18(19-11)23-17(21-14)12-6-3-2-4-7-12/h2-10H,1H3,(H,20,22). The predicted octanol–water partition coefficient (Wildman–Crippen LogP) is 4.51. The first-order chi connectivity index (χ1) is 11.7. The molecule has 0 aliphatic carbocycles. The van der Waals surface area contributed by atoms with E-state index in [1.807, 2.05) is 48.7 Å². The van der Waals surface area contributed by atoms with Gasteiger partial charge in [-0.05, 0) is 36.6 Å². The number of aromatic nitrogens is 2. The zero-order chi connectivity index (χ0) is 16.5. The molecule has 5 nitrogen and oxygen atoms in total. The van der Waals surface area contributed by atoms with Crippen molar-refractivity contribution in [1.29, 1.82) is 0 Å². The van der Waals surface area contributed by atoms with E-state index in [-0.39, 0.29) is 5.91 Å². The van der Waals surface area contributed by atoms with E-state index in [4.69, 9.17) is 4.42 Å². The van der Waals surface area contributed by atoms with Crippen LogP contribution >= 0.6 is 11.3 Å². The van der Waals surface area contributed by atoms with Crippen molar-refractivity contribution in [1.82, 2.24) is 9.97 Å². The SMILES string of the molecule is Cc1nc2oc(-c3ccccc3)nc2cc1NC(=O)c1cccs1. The number of carbonyl (C=O) groups excluding carboxylic acids is 1. The lowest BCUT2D eigenvalue weighted by molar-refractivity contribution is 0.103. The van der Waals surface area contributed by atoms with Crippen molar-refractivity contribution in [2.45, 2.75) is 6.92 Å². The fraction of sp³-hybridized carbons (Fsp3) is 0.0556. The third-order valence-corrected chi connectivity index (χ3v) is 4.46. The van der Waals surface area contributed by atoms with Gasteiger partial charge in [0.25, 0.3) is 5.91 Å². The molecule has 4 rings (SSSR count). The zero-order valence-corrected chi connectivity index (χ0v) is 13.6. The van der Waals surface area contributed by atoms with Crippen molar-refractivity contribution in [2.24, 2.45) is 0 Å². The van der Waals surface area contributed by atoms with Gasteiger partial charge in [0, 0.05) is 5.56 Å². The minimum Gasteiger partial charge on any atom is -0.418 e. The van der Waals surface area contributed by atoms with Gasteiger partial charge in [-0.25, -0.2) is 9.97 Å². The smallest absolute Gasteiger partial charge is 0.265 e. The number of rotatable bonds is 3. The summed E-state index contributed by atoms with van der Waals surface area (Å²) >= 11 is 1.39. The Hall–Kier alpha value is -2.99. The number of aryl methyl sites for hydroxylation is 1. The van der Waals surface area contributed by atoms with Crippen LogP contribution in [0.25, 0.3) is 22.7 Å². The van der Waals surface area contributed by atoms with E-state index < -0.39 is 0 Å². The highest BCUT2D eigenvalue weighted by Gasteiger charge is 2.14. The number of oxazole rings is 1. The Morgan fingerprint density at radius 2 is 1.96 bits per heavy atom. The van der Waals surface area contributed by atoms with Crippen LogP contribution < -0.4 is 5.32 Å². The summed E-state index contributed by atoms with van der Waals surface area (Å²) in [5.74, 6) is 0.361. The van der Waals surface area contributed by atoms with Crippen LogP contribution in [0.5, 0.6) is 0 Å². The summed E-state index contributed by atoms with van der Waals surface area (Å²) in [4.78, 5) is 21.8. The number of hydrogen-bond acceptors (Lipinski definition) is 5. The van der Waals surface area contributed by atoms with Crippen molar-refractivity contribution in [3.05, 3.63) is 64.5 Å². The van der Waals surface area contributed by atoms with Crippen molar-refractivity contribution in [3.63, 3.8) is 0 Å². The number of thiophene rings is 1. The highest BCUT2D eigenvalue weighted by Crippen LogP contribution is 2.26. The maximum atomic E-state index is 12.2. The number of fused-ring (bicyclic) bond motifs is 1. The topological polar surface area (TPSA) is 68.0 Å². The van der Waals surface area contributed by atoms with E-state index in [9.17, 15) is 4.79 Å². The van der Waals surface area contributed by atoms with Crippen LogP contribution in [-0.2, 0) is 0 Å². The number of nitrogens with one attached hydrogen (secondary N) is 1. The summed E-state index contributed by atoms with van der Waals surface area (Å²) in [5.41, 5.74) is 3.27. The van der Waals surface area contributed by atoms with Gasteiger partial charge >= 0.3 is 0 Å². The van der Waals surface area contributed by atoms with Crippen molar-refractivity contribution >= 4 is 34.2 Å². The number of anilines is 1. The number of benzene rings is 1. The molecule has 1 N–H and O–H groups in total. The Labute approximate surface area is 142 Å². The molecular weight excluding hydrogens is 322 g/mol. The molecule has 0 saturated carbocycles. The third kappa shape index (κ3) is 2.68. The highest BCUT2D eigenvalue weighted by molar-refractivity contribution is 7.12. The molecule has 0 saturated heterocycles. The number of carbonyl (C=O) groups is 1. The van der Waals surface area contributed by atoms with Crippen LogP contribution in [0.1, 0.15) is 15.4 Å². The normalized spacial score (nSPS) is 10.9. The van der Waals surface area contributed by atoms with Gasteiger partial charge in [0.05, 0.1) is 16.3 Å². The first-order valence-corrected chi connectivity index (χ1v) is 8.27. The molecule has 6 heteroatoms. The van der Waals surface area contributed by atoms with Crippen LogP contribution in [0, 0.1) is 6.92 Å². The van der Waals surface area contributed by atoms with Gasteiger partial charge in [-0.1, -0.05) is 24.3 Å². The van der Waals surface area contributed by atoms with Gasteiger partial charge in [-0.2, -0.15) is 0 Å². The Morgan fingerprint density at radius 1 is 1.12 bits per heavy atom. The fourth-order valence-corrected chi connectivity index (χ4v) is 2.99. The first-order valence-electron chi connectivity index (χ1n) is 7.39. The summed E-state index contributed by atoms with van der Waals surface area (Å²) in [6.45, 7) is 1.83. The molecule has 3 heterocycles. The van der Waals surface area contributed by atoms with Gasteiger partial charge in [-0.15, -0.1) is 11.3 Å². The van der Waals surface area contributed by atoms with Gasteiger partial charge < -0.3 is 9.73 Å². The highest BCUT2D eigenvalue weighted by atomic mass is 32.1. The largest absolute Gasteiger partial charge is 0.418 e. The van der Waals surface area contributed by atoms with Gasteiger partial charge in [-0.3, -0.25) is 4.79 Å². The molecule has 0 aliphatic rings. The fourth-order valence-electron chi connectivity index (χ4n) is 2.37. The molecule has 0 bridgehead atoms. The van der Waals surface area contributed by atoms with Crippen molar-refractivity contribution < 1.29 is 9.21 Å². The molecule has 0 spiro atoms. The van der Waals surface area contributed by atoms with E-state index in [0.29, 0.717) is 33.4 Å². The average Bonchev–Trinajstić information content (AvgIpc) is 3.25. The minimum atomic E-state index is -0.152. The molecule has 0 unspecified atom stereocenters. The second-order valence-corrected chi connectivity index (χ2v) is 6.21. The second-order valence-electron chi connectivity index (χ2n) is 5.26. The van der Waals surface area contributed by atoms with E-state index in [2.05, 4.69) is 15.3 Å². The van der Waals surface area contributed by atoms with E-state index in [1.54, 1.807) is 12.1 Å². The Morgan fingerprint density at radius 3 is 2.71 bits per heavy atom.